The van der Waals surface area contributed by atoms with Crippen molar-refractivity contribution in [3.63, 3.8) is 0 Å². The zero-order valence-electron chi connectivity index (χ0n) is 15.6. The third-order valence-corrected chi connectivity index (χ3v) is 7.24. The fourth-order valence-electron chi connectivity index (χ4n) is 3.30. The quantitative estimate of drug-likeness (QED) is 0.799. The van der Waals surface area contributed by atoms with Gasteiger partial charge in [0, 0.05) is 6.54 Å². The predicted octanol–water partition coefficient (Wildman–Crippen LogP) is 3.81. The number of hydrogen-bond donors (Lipinski definition) is 1. The molecule has 0 aromatic heterocycles. The topological polar surface area (TPSA) is 63.2 Å². The molecule has 1 aliphatic carbocycles. The lowest BCUT2D eigenvalue weighted by Crippen LogP contribution is -2.40. The summed E-state index contributed by atoms with van der Waals surface area (Å²) in [5, 5.41) is 1.84. The highest BCUT2D eigenvalue weighted by Gasteiger charge is 2.28. The molecule has 2 rings (SSSR count). The van der Waals surface area contributed by atoms with Crippen LogP contribution in [0.25, 0.3) is 0 Å². The van der Waals surface area contributed by atoms with Crippen molar-refractivity contribution in [2.75, 3.05) is 6.54 Å². The van der Waals surface area contributed by atoms with Crippen LogP contribution in [-0.4, -0.2) is 26.1 Å². The Morgan fingerprint density at radius 2 is 1.68 bits per heavy atom. The van der Waals surface area contributed by atoms with Crippen molar-refractivity contribution in [2.24, 2.45) is 5.92 Å². The van der Waals surface area contributed by atoms with Crippen LogP contribution in [0.4, 0.5) is 0 Å². The number of carbonyl (C=O) groups is 1. The van der Waals surface area contributed by atoms with Gasteiger partial charge < -0.3 is 5.32 Å². The Labute approximate surface area is 152 Å². The van der Waals surface area contributed by atoms with E-state index in [1.54, 1.807) is 0 Å². The second kappa shape index (κ2) is 8.84. The average molecular weight is 366 g/mol. The summed E-state index contributed by atoms with van der Waals surface area (Å²) < 4.78 is 25.1. The van der Waals surface area contributed by atoms with Crippen LogP contribution in [0.2, 0.25) is 0 Å². The number of benzene rings is 1. The number of rotatable bonds is 7. The summed E-state index contributed by atoms with van der Waals surface area (Å²) in [5.74, 6) is 0.444. The van der Waals surface area contributed by atoms with Crippen LogP contribution in [0.3, 0.4) is 0 Å². The molecular weight excluding hydrogens is 334 g/mol. The molecule has 1 aliphatic rings. The summed E-state index contributed by atoms with van der Waals surface area (Å²) in [5.41, 5.74) is 1.91. The first kappa shape index (κ1) is 20.0. The molecule has 1 amide bonds. The van der Waals surface area contributed by atoms with E-state index >= 15 is 0 Å². The van der Waals surface area contributed by atoms with Crippen LogP contribution >= 0.6 is 0 Å². The van der Waals surface area contributed by atoms with E-state index in [0.717, 1.165) is 18.4 Å². The van der Waals surface area contributed by atoms with Gasteiger partial charge in [-0.2, -0.15) is 0 Å². The summed E-state index contributed by atoms with van der Waals surface area (Å²) >= 11 is 0. The molecule has 1 atom stereocenters. The molecular formula is C20H31NO3S. The predicted molar refractivity (Wildman–Crippen MR) is 102 cm³/mol. The maximum atomic E-state index is 12.6. The number of nitrogens with one attached hydrogen (secondary N) is 1. The van der Waals surface area contributed by atoms with Crippen LogP contribution in [0.15, 0.2) is 24.3 Å². The monoisotopic (exact) mass is 365 g/mol. The van der Waals surface area contributed by atoms with E-state index in [1.165, 1.54) is 31.7 Å². The molecule has 1 unspecified atom stereocenters. The van der Waals surface area contributed by atoms with Crippen LogP contribution in [0.5, 0.6) is 0 Å². The van der Waals surface area contributed by atoms with Crippen LogP contribution < -0.4 is 5.32 Å². The first-order chi connectivity index (χ1) is 11.8. The van der Waals surface area contributed by atoms with Crippen molar-refractivity contribution < 1.29 is 13.2 Å². The van der Waals surface area contributed by atoms with Gasteiger partial charge in [-0.1, -0.05) is 57.4 Å². The number of hydrogen-bond acceptors (Lipinski definition) is 3. The minimum atomic E-state index is -3.51. The molecule has 0 radical (unpaired) electrons. The van der Waals surface area contributed by atoms with Crippen LogP contribution in [0, 0.1) is 5.92 Å². The Bertz CT molecular complexity index is 659. The standard InChI is InChI=1S/C20H31NO3S/c1-15(2)19-11-9-18(10-12-19)14-25(23,24)16(3)20(22)21-13-17-7-5-4-6-8-17/h9-12,15-17H,4-8,13-14H2,1-3H3,(H,21,22). The summed E-state index contributed by atoms with van der Waals surface area (Å²) in [4.78, 5) is 12.3. The molecule has 0 heterocycles. The zero-order chi connectivity index (χ0) is 18.4. The molecule has 0 aliphatic heterocycles. The first-order valence-electron chi connectivity index (χ1n) is 9.37. The van der Waals surface area contributed by atoms with Crippen LogP contribution in [-0.2, 0) is 20.4 Å². The van der Waals surface area contributed by atoms with Crippen molar-refractivity contribution in [3.8, 4) is 0 Å². The second-order valence-electron chi connectivity index (χ2n) is 7.59. The van der Waals surface area contributed by atoms with E-state index in [-0.39, 0.29) is 11.7 Å². The summed E-state index contributed by atoms with van der Waals surface area (Å²) in [6.45, 7) is 6.30. The highest BCUT2D eigenvalue weighted by Crippen LogP contribution is 2.23. The Balaban J connectivity index is 1.91. The highest BCUT2D eigenvalue weighted by molar-refractivity contribution is 7.92. The Kier molecular flexibility index (Phi) is 7.05. The van der Waals surface area contributed by atoms with Crippen LogP contribution in [0.1, 0.15) is 69.9 Å². The van der Waals surface area contributed by atoms with Crippen molar-refractivity contribution in [3.05, 3.63) is 35.4 Å². The number of sulfone groups is 1. The molecule has 1 fully saturated rings. The van der Waals surface area contributed by atoms with Gasteiger partial charge in [0.05, 0.1) is 5.75 Å². The fourth-order valence-corrected chi connectivity index (χ4v) is 4.62. The molecule has 0 saturated heterocycles. The van der Waals surface area contributed by atoms with E-state index in [9.17, 15) is 13.2 Å². The molecule has 1 aromatic carbocycles. The SMILES string of the molecule is CC(C)c1ccc(CS(=O)(=O)C(C)C(=O)NCC2CCCCC2)cc1. The van der Waals surface area contributed by atoms with Gasteiger partial charge in [-0.3, -0.25) is 4.79 Å². The molecule has 25 heavy (non-hydrogen) atoms. The van der Waals surface area contributed by atoms with Crippen molar-refractivity contribution >= 4 is 15.7 Å². The van der Waals surface area contributed by atoms with E-state index in [0.29, 0.717) is 18.4 Å². The Morgan fingerprint density at radius 3 is 2.24 bits per heavy atom. The van der Waals surface area contributed by atoms with Gasteiger partial charge in [-0.15, -0.1) is 0 Å². The molecule has 4 nitrogen and oxygen atoms in total. The average Bonchev–Trinajstić information content (AvgIpc) is 2.60. The first-order valence-corrected chi connectivity index (χ1v) is 11.1. The summed E-state index contributed by atoms with van der Waals surface area (Å²) in [6.07, 6.45) is 5.94. The van der Waals surface area contributed by atoms with Gasteiger partial charge in [0.15, 0.2) is 9.84 Å². The third-order valence-electron chi connectivity index (χ3n) is 5.21. The smallest absolute Gasteiger partial charge is 0.238 e. The fraction of sp³-hybridized carbons (Fsp3) is 0.650. The number of amides is 1. The van der Waals surface area contributed by atoms with Gasteiger partial charge in [0.1, 0.15) is 5.25 Å². The largest absolute Gasteiger partial charge is 0.355 e. The lowest BCUT2D eigenvalue weighted by molar-refractivity contribution is -0.120. The summed E-state index contributed by atoms with van der Waals surface area (Å²) in [7, 11) is -3.51. The minimum absolute atomic E-state index is 0.0939. The maximum absolute atomic E-state index is 12.6. The highest BCUT2D eigenvalue weighted by atomic mass is 32.2. The minimum Gasteiger partial charge on any atom is -0.355 e. The lowest BCUT2D eigenvalue weighted by Gasteiger charge is -2.22. The summed E-state index contributed by atoms with van der Waals surface area (Å²) in [6, 6.07) is 7.62. The van der Waals surface area contributed by atoms with Gasteiger partial charge >= 0.3 is 0 Å². The van der Waals surface area contributed by atoms with E-state index < -0.39 is 15.1 Å². The molecule has 5 heteroatoms. The Morgan fingerprint density at radius 1 is 1.08 bits per heavy atom. The lowest BCUT2D eigenvalue weighted by atomic mass is 9.89. The molecule has 1 N–H and O–H groups in total. The van der Waals surface area contributed by atoms with E-state index in [1.807, 2.05) is 24.3 Å². The van der Waals surface area contributed by atoms with Crippen molar-refractivity contribution in [1.29, 1.82) is 0 Å². The van der Waals surface area contributed by atoms with Gasteiger partial charge in [0.2, 0.25) is 5.91 Å². The van der Waals surface area contributed by atoms with Crippen molar-refractivity contribution in [1.82, 2.24) is 5.32 Å². The van der Waals surface area contributed by atoms with Gasteiger partial charge in [-0.05, 0) is 42.7 Å². The van der Waals surface area contributed by atoms with E-state index in [2.05, 4.69) is 19.2 Å². The van der Waals surface area contributed by atoms with Gasteiger partial charge in [0.25, 0.3) is 0 Å². The molecule has 1 aromatic rings. The van der Waals surface area contributed by atoms with Gasteiger partial charge in [-0.25, -0.2) is 8.42 Å². The van der Waals surface area contributed by atoms with Crippen molar-refractivity contribution in [2.45, 2.75) is 69.8 Å². The zero-order valence-corrected chi connectivity index (χ0v) is 16.4. The third kappa shape index (κ3) is 5.84. The second-order valence-corrected chi connectivity index (χ2v) is 9.92. The molecule has 0 bridgehead atoms. The number of carbonyl (C=O) groups excluding carboxylic acids is 1. The maximum Gasteiger partial charge on any atom is 0.238 e. The molecule has 140 valence electrons. The molecule has 1 saturated carbocycles. The Hall–Kier alpha value is -1.36. The molecule has 0 spiro atoms. The van der Waals surface area contributed by atoms with E-state index in [4.69, 9.17) is 0 Å². The normalized spacial score (nSPS) is 17.4.